The first-order valence-electron chi connectivity index (χ1n) is 7.93. The van der Waals surface area contributed by atoms with Crippen LogP contribution in [0.3, 0.4) is 0 Å². The molecule has 0 spiro atoms. The third kappa shape index (κ3) is 3.44. The lowest BCUT2D eigenvalue weighted by molar-refractivity contribution is 0.412. The Morgan fingerprint density at radius 3 is 1.50 bits per heavy atom. The Balaban J connectivity index is 2.40. The summed E-state index contributed by atoms with van der Waals surface area (Å²) in [5, 5.41) is 0. The van der Waals surface area contributed by atoms with Gasteiger partial charge in [-0.05, 0) is 41.8 Å². The van der Waals surface area contributed by atoms with Crippen molar-refractivity contribution < 1.29 is 9.47 Å². The van der Waals surface area contributed by atoms with Gasteiger partial charge in [-0.25, -0.2) is 0 Å². The monoisotopic (exact) mass is 298 g/mol. The molecule has 2 aromatic carbocycles. The molecule has 0 bridgehead atoms. The standard InChI is InChI=1S/C20H26O2/c1-5-6-15-20(2,16-7-11-18(21-3)12-8-16)17-9-13-19(22-4)14-10-17/h7-14H,5-6,15H2,1-4H3. The van der Waals surface area contributed by atoms with E-state index in [4.69, 9.17) is 9.47 Å². The van der Waals surface area contributed by atoms with Crippen molar-refractivity contribution in [1.29, 1.82) is 0 Å². The molecule has 0 amide bonds. The second-order valence-corrected chi connectivity index (χ2v) is 5.89. The SMILES string of the molecule is CCCCC(C)(c1ccc(OC)cc1)c1ccc(OC)cc1. The van der Waals surface area contributed by atoms with Crippen molar-refractivity contribution in [3.8, 4) is 11.5 Å². The summed E-state index contributed by atoms with van der Waals surface area (Å²) < 4.78 is 10.6. The van der Waals surface area contributed by atoms with Gasteiger partial charge in [-0.3, -0.25) is 0 Å². The van der Waals surface area contributed by atoms with Crippen LogP contribution in [0.4, 0.5) is 0 Å². The average molecular weight is 298 g/mol. The van der Waals surface area contributed by atoms with Crippen LogP contribution in [0.1, 0.15) is 44.2 Å². The number of hydrogen-bond donors (Lipinski definition) is 0. The van der Waals surface area contributed by atoms with Gasteiger partial charge in [0.15, 0.2) is 0 Å². The van der Waals surface area contributed by atoms with Crippen molar-refractivity contribution in [3.63, 3.8) is 0 Å². The molecule has 0 aliphatic carbocycles. The Morgan fingerprint density at radius 2 is 1.18 bits per heavy atom. The van der Waals surface area contributed by atoms with Crippen LogP contribution in [-0.2, 0) is 5.41 Å². The summed E-state index contributed by atoms with van der Waals surface area (Å²) in [5.74, 6) is 1.80. The number of methoxy groups -OCH3 is 2. The molecule has 2 heteroatoms. The van der Waals surface area contributed by atoms with Gasteiger partial charge in [0.05, 0.1) is 14.2 Å². The van der Waals surface area contributed by atoms with Gasteiger partial charge in [0.1, 0.15) is 11.5 Å². The van der Waals surface area contributed by atoms with Gasteiger partial charge in [0, 0.05) is 5.41 Å². The molecule has 0 radical (unpaired) electrons. The van der Waals surface area contributed by atoms with Crippen LogP contribution in [0, 0.1) is 0 Å². The zero-order chi connectivity index (χ0) is 16.0. The molecule has 0 unspecified atom stereocenters. The predicted octanol–water partition coefficient (Wildman–Crippen LogP) is 5.20. The summed E-state index contributed by atoms with van der Waals surface area (Å²) >= 11 is 0. The molecule has 118 valence electrons. The molecule has 0 saturated carbocycles. The van der Waals surface area contributed by atoms with Gasteiger partial charge in [-0.1, -0.05) is 51.0 Å². The normalized spacial score (nSPS) is 11.3. The minimum absolute atomic E-state index is 0.00848. The summed E-state index contributed by atoms with van der Waals surface area (Å²) in [6, 6.07) is 16.9. The highest BCUT2D eigenvalue weighted by Crippen LogP contribution is 2.38. The summed E-state index contributed by atoms with van der Waals surface area (Å²) in [6.45, 7) is 4.56. The predicted molar refractivity (Wildman–Crippen MR) is 92.0 cm³/mol. The molecule has 22 heavy (non-hydrogen) atoms. The Bertz CT molecular complexity index is 522. The Labute approximate surface area is 134 Å². The molecule has 2 nitrogen and oxygen atoms in total. The maximum atomic E-state index is 5.28. The van der Waals surface area contributed by atoms with E-state index in [1.807, 2.05) is 24.3 Å². The highest BCUT2D eigenvalue weighted by atomic mass is 16.5. The zero-order valence-corrected chi connectivity index (χ0v) is 14.1. The maximum absolute atomic E-state index is 5.28. The Kier molecular flexibility index (Phi) is 5.48. The third-order valence-corrected chi connectivity index (χ3v) is 4.48. The number of unbranched alkanes of at least 4 members (excludes halogenated alkanes) is 1. The molecule has 2 rings (SSSR count). The summed E-state index contributed by atoms with van der Waals surface area (Å²) in [7, 11) is 3.41. The van der Waals surface area contributed by atoms with Crippen LogP contribution in [-0.4, -0.2) is 14.2 Å². The van der Waals surface area contributed by atoms with Crippen LogP contribution < -0.4 is 9.47 Å². The molecule has 0 aromatic heterocycles. The number of benzene rings is 2. The van der Waals surface area contributed by atoms with Crippen molar-refractivity contribution in [1.82, 2.24) is 0 Å². The molecule has 0 aliphatic heterocycles. The van der Waals surface area contributed by atoms with Crippen LogP contribution in [0.2, 0.25) is 0 Å². The first-order valence-corrected chi connectivity index (χ1v) is 7.93. The van der Waals surface area contributed by atoms with Gasteiger partial charge < -0.3 is 9.47 Å². The number of rotatable bonds is 7. The Morgan fingerprint density at radius 1 is 0.773 bits per heavy atom. The smallest absolute Gasteiger partial charge is 0.118 e. The first-order chi connectivity index (χ1) is 10.6. The van der Waals surface area contributed by atoms with Crippen LogP contribution in [0.15, 0.2) is 48.5 Å². The highest BCUT2D eigenvalue weighted by Gasteiger charge is 2.28. The van der Waals surface area contributed by atoms with Crippen LogP contribution in [0.25, 0.3) is 0 Å². The molecule has 0 atom stereocenters. The highest BCUT2D eigenvalue weighted by molar-refractivity contribution is 5.42. The van der Waals surface area contributed by atoms with Gasteiger partial charge >= 0.3 is 0 Å². The second-order valence-electron chi connectivity index (χ2n) is 5.89. The molecule has 0 saturated heterocycles. The fourth-order valence-corrected chi connectivity index (χ4v) is 2.90. The molecule has 2 aromatic rings. The lowest BCUT2D eigenvalue weighted by atomic mass is 9.73. The van der Waals surface area contributed by atoms with E-state index < -0.39 is 0 Å². The van der Waals surface area contributed by atoms with E-state index in [1.165, 1.54) is 24.0 Å². The summed E-state index contributed by atoms with van der Waals surface area (Å²) in [6.07, 6.45) is 3.53. The average Bonchev–Trinajstić information content (AvgIpc) is 2.59. The second kappa shape index (κ2) is 7.35. The van der Waals surface area contributed by atoms with E-state index in [0.29, 0.717) is 0 Å². The molecular weight excluding hydrogens is 272 g/mol. The Hall–Kier alpha value is -1.96. The van der Waals surface area contributed by atoms with E-state index in [1.54, 1.807) is 14.2 Å². The van der Waals surface area contributed by atoms with Gasteiger partial charge in [0.25, 0.3) is 0 Å². The minimum atomic E-state index is 0.00848. The third-order valence-electron chi connectivity index (χ3n) is 4.48. The summed E-state index contributed by atoms with van der Waals surface area (Å²) in [4.78, 5) is 0. The maximum Gasteiger partial charge on any atom is 0.118 e. The zero-order valence-electron chi connectivity index (χ0n) is 14.1. The van der Waals surface area contributed by atoms with Crippen LogP contribution in [0.5, 0.6) is 11.5 Å². The molecule has 0 fully saturated rings. The van der Waals surface area contributed by atoms with E-state index in [2.05, 4.69) is 38.1 Å². The number of hydrogen-bond acceptors (Lipinski definition) is 2. The number of ether oxygens (including phenoxy) is 2. The van der Waals surface area contributed by atoms with E-state index in [-0.39, 0.29) is 5.41 Å². The molecule has 0 heterocycles. The van der Waals surface area contributed by atoms with E-state index in [0.717, 1.165) is 17.9 Å². The lowest BCUT2D eigenvalue weighted by Crippen LogP contribution is -2.23. The lowest BCUT2D eigenvalue weighted by Gasteiger charge is -2.31. The quantitative estimate of drug-likeness (QED) is 0.699. The summed E-state index contributed by atoms with van der Waals surface area (Å²) in [5.41, 5.74) is 2.66. The van der Waals surface area contributed by atoms with Crippen molar-refractivity contribution in [3.05, 3.63) is 59.7 Å². The van der Waals surface area contributed by atoms with Crippen molar-refractivity contribution in [2.45, 2.75) is 38.5 Å². The van der Waals surface area contributed by atoms with Crippen molar-refractivity contribution in [2.24, 2.45) is 0 Å². The minimum Gasteiger partial charge on any atom is -0.497 e. The van der Waals surface area contributed by atoms with Crippen LogP contribution >= 0.6 is 0 Å². The van der Waals surface area contributed by atoms with Crippen molar-refractivity contribution in [2.75, 3.05) is 14.2 Å². The van der Waals surface area contributed by atoms with Gasteiger partial charge in [0.2, 0.25) is 0 Å². The van der Waals surface area contributed by atoms with Crippen molar-refractivity contribution >= 4 is 0 Å². The molecular formula is C20H26O2. The molecule has 0 N–H and O–H groups in total. The van der Waals surface area contributed by atoms with Gasteiger partial charge in [-0.15, -0.1) is 0 Å². The first kappa shape index (κ1) is 16.4. The van der Waals surface area contributed by atoms with E-state index >= 15 is 0 Å². The fraction of sp³-hybridized carbons (Fsp3) is 0.400. The topological polar surface area (TPSA) is 18.5 Å². The molecule has 0 aliphatic rings. The fourth-order valence-electron chi connectivity index (χ4n) is 2.90. The van der Waals surface area contributed by atoms with E-state index in [9.17, 15) is 0 Å². The van der Waals surface area contributed by atoms with Gasteiger partial charge in [-0.2, -0.15) is 0 Å². The largest absolute Gasteiger partial charge is 0.497 e.